The summed E-state index contributed by atoms with van der Waals surface area (Å²) in [5, 5.41) is 7.46. The second kappa shape index (κ2) is 7.37. The number of amides is 1. The molecule has 0 aliphatic heterocycles. The second-order valence-electron chi connectivity index (χ2n) is 6.90. The van der Waals surface area contributed by atoms with Gasteiger partial charge in [0.05, 0.1) is 23.3 Å². The fourth-order valence-corrected chi connectivity index (χ4v) is 3.06. The highest BCUT2D eigenvalue weighted by Crippen LogP contribution is 2.28. The van der Waals surface area contributed by atoms with Crippen molar-refractivity contribution in [3.63, 3.8) is 0 Å². The van der Waals surface area contributed by atoms with Crippen LogP contribution in [-0.2, 0) is 15.1 Å². The van der Waals surface area contributed by atoms with E-state index >= 15 is 0 Å². The normalized spacial score (nSPS) is 13.2. The molecule has 0 bridgehead atoms. The van der Waals surface area contributed by atoms with E-state index in [2.05, 4.69) is 28.6 Å². The maximum absolute atomic E-state index is 13.0. The number of nitrogens with one attached hydrogen (secondary N) is 1. The molecule has 1 heterocycles. The molecule has 1 aromatic heterocycles. The van der Waals surface area contributed by atoms with Gasteiger partial charge >= 0.3 is 0 Å². The molecule has 3 aromatic rings. The van der Waals surface area contributed by atoms with Crippen LogP contribution in [0.2, 0.25) is 0 Å². The summed E-state index contributed by atoms with van der Waals surface area (Å²) >= 11 is 0. The number of aryl methyl sites for hydroxylation is 2. The molecule has 140 valence electrons. The Balaban J connectivity index is 1.92. The minimum absolute atomic E-state index is 0.236. The number of nitrogens with zero attached hydrogens (tertiary/aromatic N) is 2. The molecule has 1 atom stereocenters. The third-order valence-corrected chi connectivity index (χ3v) is 5.02. The van der Waals surface area contributed by atoms with Crippen molar-refractivity contribution in [2.75, 3.05) is 12.4 Å². The Morgan fingerprint density at radius 1 is 1.11 bits per heavy atom. The fourth-order valence-electron chi connectivity index (χ4n) is 3.06. The number of carbonyl (C=O) groups is 1. The maximum atomic E-state index is 13.0. The fraction of sp³-hybridized carbons (Fsp3) is 0.273. The monoisotopic (exact) mass is 363 g/mol. The van der Waals surface area contributed by atoms with Crippen LogP contribution >= 0.6 is 0 Å². The second-order valence-corrected chi connectivity index (χ2v) is 6.90. The molecule has 1 N–H and O–H groups in total. The summed E-state index contributed by atoms with van der Waals surface area (Å²) in [7, 11) is 1.54. The topological polar surface area (TPSA) is 56.1 Å². The van der Waals surface area contributed by atoms with E-state index in [0.29, 0.717) is 5.69 Å². The Kier molecular flexibility index (Phi) is 5.15. The van der Waals surface area contributed by atoms with Gasteiger partial charge in [-0.3, -0.25) is 4.79 Å². The van der Waals surface area contributed by atoms with Crippen LogP contribution in [0.3, 0.4) is 0 Å². The van der Waals surface area contributed by atoms with Crippen molar-refractivity contribution in [2.45, 2.75) is 33.3 Å². The zero-order valence-electron chi connectivity index (χ0n) is 16.4. The number of anilines is 1. The Morgan fingerprint density at radius 2 is 1.81 bits per heavy atom. The zero-order valence-corrected chi connectivity index (χ0v) is 16.4. The zero-order chi connectivity index (χ0) is 19.6. The van der Waals surface area contributed by atoms with Gasteiger partial charge in [-0.2, -0.15) is 5.10 Å². The van der Waals surface area contributed by atoms with Crippen LogP contribution in [0.15, 0.2) is 54.7 Å². The minimum Gasteiger partial charge on any atom is -0.364 e. The van der Waals surface area contributed by atoms with Gasteiger partial charge in [-0.25, -0.2) is 4.68 Å². The number of carbonyl (C=O) groups excluding carboxylic acids is 1. The molecule has 3 rings (SSSR count). The summed E-state index contributed by atoms with van der Waals surface area (Å²) < 4.78 is 7.44. The van der Waals surface area contributed by atoms with E-state index in [9.17, 15) is 4.79 Å². The molecule has 0 fully saturated rings. The molecule has 0 aliphatic carbocycles. The van der Waals surface area contributed by atoms with E-state index in [0.717, 1.165) is 28.1 Å². The van der Waals surface area contributed by atoms with Crippen LogP contribution in [0.5, 0.6) is 0 Å². The van der Waals surface area contributed by atoms with Gasteiger partial charge in [0.1, 0.15) is 0 Å². The minimum atomic E-state index is -1.09. The van der Waals surface area contributed by atoms with Crippen LogP contribution in [0, 0.1) is 20.8 Å². The lowest BCUT2D eigenvalue weighted by Crippen LogP contribution is -2.39. The first kappa shape index (κ1) is 18.9. The van der Waals surface area contributed by atoms with E-state index in [-0.39, 0.29) is 5.91 Å². The average molecular weight is 363 g/mol. The molecule has 2 aromatic carbocycles. The van der Waals surface area contributed by atoms with Crippen molar-refractivity contribution < 1.29 is 9.53 Å². The molecule has 1 amide bonds. The molecule has 0 saturated heterocycles. The van der Waals surface area contributed by atoms with Crippen molar-refractivity contribution in [1.82, 2.24) is 9.78 Å². The number of hydrogen-bond donors (Lipinski definition) is 1. The van der Waals surface area contributed by atoms with Crippen LogP contribution < -0.4 is 5.32 Å². The highest BCUT2D eigenvalue weighted by Gasteiger charge is 2.35. The van der Waals surface area contributed by atoms with Gasteiger partial charge in [0, 0.05) is 7.11 Å². The number of ether oxygens (including phenoxy) is 1. The summed E-state index contributed by atoms with van der Waals surface area (Å²) in [6, 6.07) is 15.7. The van der Waals surface area contributed by atoms with Crippen LogP contribution in [0.4, 0.5) is 5.69 Å². The third-order valence-electron chi connectivity index (χ3n) is 5.02. The third kappa shape index (κ3) is 3.51. The number of benzene rings is 2. The van der Waals surface area contributed by atoms with E-state index in [1.165, 1.54) is 0 Å². The lowest BCUT2D eigenvalue weighted by molar-refractivity contribution is -0.136. The summed E-state index contributed by atoms with van der Waals surface area (Å²) in [6.45, 7) is 7.80. The molecule has 0 radical (unpaired) electrons. The summed E-state index contributed by atoms with van der Waals surface area (Å²) in [5.74, 6) is -0.236. The number of aromatic nitrogens is 2. The van der Waals surface area contributed by atoms with Crippen molar-refractivity contribution in [2.24, 2.45) is 0 Å². The number of hydrogen-bond acceptors (Lipinski definition) is 3. The molecular weight excluding hydrogens is 338 g/mol. The van der Waals surface area contributed by atoms with Crippen LogP contribution in [-0.4, -0.2) is 22.8 Å². The van der Waals surface area contributed by atoms with E-state index in [4.69, 9.17) is 4.74 Å². The van der Waals surface area contributed by atoms with Crippen molar-refractivity contribution >= 4 is 11.6 Å². The van der Waals surface area contributed by atoms with E-state index in [1.54, 1.807) is 20.2 Å². The molecule has 0 aliphatic rings. The predicted molar refractivity (Wildman–Crippen MR) is 107 cm³/mol. The quantitative estimate of drug-likeness (QED) is 0.735. The summed E-state index contributed by atoms with van der Waals surface area (Å²) in [5.41, 5.74) is 4.52. The van der Waals surface area contributed by atoms with Crippen molar-refractivity contribution in [1.29, 1.82) is 0 Å². The highest BCUT2D eigenvalue weighted by molar-refractivity contribution is 5.98. The van der Waals surface area contributed by atoms with Crippen molar-refractivity contribution in [3.05, 3.63) is 77.1 Å². The lowest BCUT2D eigenvalue weighted by Gasteiger charge is -2.27. The van der Waals surface area contributed by atoms with Crippen LogP contribution in [0.25, 0.3) is 5.69 Å². The van der Waals surface area contributed by atoms with Gasteiger partial charge < -0.3 is 10.1 Å². The van der Waals surface area contributed by atoms with Crippen molar-refractivity contribution in [3.8, 4) is 5.69 Å². The van der Waals surface area contributed by atoms with Crippen LogP contribution in [0.1, 0.15) is 29.3 Å². The van der Waals surface area contributed by atoms with E-state index in [1.807, 2.05) is 55.8 Å². The Morgan fingerprint density at radius 3 is 2.48 bits per heavy atom. The van der Waals surface area contributed by atoms with Gasteiger partial charge in [0.15, 0.2) is 5.60 Å². The highest BCUT2D eigenvalue weighted by atomic mass is 16.5. The standard InChI is InChI=1S/C22H25N3O2/c1-15-11-12-16(2)20(13-15)25-17(3)19(14-23-25)24-21(26)22(4,27-5)18-9-7-6-8-10-18/h6-14H,1-5H3,(H,24,26)/t22-/m1/s1. The lowest BCUT2D eigenvalue weighted by atomic mass is 9.94. The summed E-state index contributed by atoms with van der Waals surface area (Å²) in [6.07, 6.45) is 1.68. The molecule has 0 unspecified atom stereocenters. The first-order valence-electron chi connectivity index (χ1n) is 8.91. The Hall–Kier alpha value is -2.92. The molecule has 5 heteroatoms. The number of methoxy groups -OCH3 is 1. The number of rotatable bonds is 5. The molecule has 0 saturated carbocycles. The largest absolute Gasteiger partial charge is 0.364 e. The van der Waals surface area contributed by atoms with Gasteiger partial charge in [0.2, 0.25) is 0 Å². The Bertz CT molecular complexity index is 963. The molecule has 0 spiro atoms. The van der Waals surface area contributed by atoms with Gasteiger partial charge in [0.25, 0.3) is 5.91 Å². The van der Waals surface area contributed by atoms with Gasteiger partial charge in [-0.1, -0.05) is 42.5 Å². The van der Waals surface area contributed by atoms with E-state index < -0.39 is 5.60 Å². The molecule has 27 heavy (non-hydrogen) atoms. The SMILES string of the molecule is CO[C@@](C)(C(=O)Nc1cnn(-c2cc(C)ccc2C)c1C)c1ccccc1. The first-order valence-corrected chi connectivity index (χ1v) is 8.91. The van der Waals surface area contributed by atoms with Gasteiger partial charge in [-0.15, -0.1) is 0 Å². The first-order chi connectivity index (χ1) is 12.9. The maximum Gasteiger partial charge on any atom is 0.261 e. The molecular formula is C22H25N3O2. The van der Waals surface area contributed by atoms with Gasteiger partial charge in [-0.05, 0) is 50.5 Å². The Labute approximate surface area is 160 Å². The predicted octanol–water partition coefficient (Wildman–Crippen LogP) is 4.30. The smallest absolute Gasteiger partial charge is 0.261 e. The average Bonchev–Trinajstić information content (AvgIpc) is 3.04. The summed E-state index contributed by atoms with van der Waals surface area (Å²) in [4.78, 5) is 13.0. The molecule has 5 nitrogen and oxygen atoms in total.